The second-order valence-corrected chi connectivity index (χ2v) is 6.57. The summed E-state index contributed by atoms with van der Waals surface area (Å²) in [7, 11) is 1.49. The van der Waals surface area contributed by atoms with Crippen LogP contribution in [0.15, 0.2) is 18.2 Å². The largest absolute Gasteiger partial charge is 0.495 e. The van der Waals surface area contributed by atoms with Crippen molar-refractivity contribution in [1.82, 2.24) is 5.32 Å². The number of carbonyl (C=O) groups excluding carboxylic acids is 2. The first kappa shape index (κ1) is 19.3. The van der Waals surface area contributed by atoms with E-state index in [1.165, 1.54) is 7.11 Å². The molecule has 0 aliphatic heterocycles. The van der Waals surface area contributed by atoms with E-state index in [2.05, 4.69) is 10.6 Å². The molecule has 7 heteroatoms. The number of ether oxygens (including phenoxy) is 1. The normalized spacial score (nSPS) is 13.1. The van der Waals surface area contributed by atoms with Crippen LogP contribution in [0.1, 0.15) is 18.9 Å². The molecule has 23 heavy (non-hydrogen) atoms. The lowest BCUT2D eigenvalue weighted by Gasteiger charge is -2.23. The van der Waals surface area contributed by atoms with Gasteiger partial charge in [0, 0.05) is 6.54 Å². The Labute approximate surface area is 141 Å². The Bertz CT molecular complexity index is 561. The molecule has 2 amide bonds. The van der Waals surface area contributed by atoms with Crippen molar-refractivity contribution in [3.05, 3.63) is 23.8 Å². The van der Waals surface area contributed by atoms with E-state index in [1.807, 2.05) is 19.2 Å². The number of rotatable bonds is 7. The quantitative estimate of drug-likeness (QED) is 0.656. The number of nitrogens with one attached hydrogen (secondary N) is 2. The number of aliphatic hydroxyl groups is 1. The molecule has 0 saturated heterocycles. The number of amides is 2. The Balaban J connectivity index is 2.61. The summed E-state index contributed by atoms with van der Waals surface area (Å²) in [5, 5.41) is 15.1. The zero-order chi connectivity index (χ0) is 17.5. The molecule has 0 heterocycles. The minimum absolute atomic E-state index is 0.0186. The van der Waals surface area contributed by atoms with Gasteiger partial charge in [-0.2, -0.15) is 11.8 Å². The fourth-order valence-electron chi connectivity index (χ4n) is 1.86. The summed E-state index contributed by atoms with van der Waals surface area (Å²) in [6.07, 6.45) is 2.47. The summed E-state index contributed by atoms with van der Waals surface area (Å²) >= 11 is 1.61. The Morgan fingerprint density at radius 1 is 1.35 bits per heavy atom. The Hall–Kier alpha value is -1.73. The molecule has 0 unspecified atom stereocenters. The van der Waals surface area contributed by atoms with E-state index in [0.29, 0.717) is 17.9 Å². The summed E-state index contributed by atoms with van der Waals surface area (Å²) in [5.41, 5.74) is 0.322. The molecule has 0 bridgehead atoms. The van der Waals surface area contributed by atoms with Gasteiger partial charge in [-0.05, 0) is 50.0 Å². The second kappa shape index (κ2) is 8.79. The summed E-state index contributed by atoms with van der Waals surface area (Å²) in [6, 6.07) is 5.28. The van der Waals surface area contributed by atoms with Gasteiger partial charge in [0.25, 0.3) is 0 Å². The third-order valence-electron chi connectivity index (χ3n) is 3.28. The van der Waals surface area contributed by atoms with E-state index in [9.17, 15) is 14.7 Å². The molecule has 0 spiro atoms. The Kier molecular flexibility index (Phi) is 7.38. The van der Waals surface area contributed by atoms with Gasteiger partial charge in [-0.1, -0.05) is 6.07 Å². The van der Waals surface area contributed by atoms with Crippen molar-refractivity contribution < 1.29 is 19.4 Å². The van der Waals surface area contributed by atoms with Crippen molar-refractivity contribution >= 4 is 29.3 Å². The molecule has 1 aromatic rings. The number of methoxy groups -OCH3 is 1. The van der Waals surface area contributed by atoms with Crippen molar-refractivity contribution in [3.8, 4) is 5.75 Å². The standard InChI is InChI=1S/C16H24N2O4S/c1-11-5-6-13(22-3)12(9-11)18-15(20)14(19)17-10-16(2,21)7-8-23-4/h5-6,9,21H,7-8,10H2,1-4H3,(H,17,19)(H,18,20)/t16-/m1/s1. The predicted molar refractivity (Wildman–Crippen MR) is 93.0 cm³/mol. The zero-order valence-electron chi connectivity index (χ0n) is 13.9. The van der Waals surface area contributed by atoms with E-state index >= 15 is 0 Å². The molecule has 0 radical (unpaired) electrons. The minimum Gasteiger partial charge on any atom is -0.495 e. The van der Waals surface area contributed by atoms with Crippen molar-refractivity contribution in [2.45, 2.75) is 25.9 Å². The average Bonchev–Trinajstić information content (AvgIpc) is 2.51. The smallest absolute Gasteiger partial charge is 0.313 e. The van der Waals surface area contributed by atoms with Crippen molar-refractivity contribution in [2.75, 3.05) is 31.0 Å². The highest BCUT2D eigenvalue weighted by atomic mass is 32.2. The highest BCUT2D eigenvalue weighted by molar-refractivity contribution is 7.98. The lowest BCUT2D eigenvalue weighted by Crippen LogP contribution is -2.44. The number of hydrogen-bond acceptors (Lipinski definition) is 5. The van der Waals surface area contributed by atoms with E-state index in [1.54, 1.807) is 30.8 Å². The monoisotopic (exact) mass is 340 g/mol. The molecule has 0 saturated carbocycles. The molecule has 128 valence electrons. The number of anilines is 1. The van der Waals surface area contributed by atoms with Gasteiger partial charge in [0.05, 0.1) is 18.4 Å². The molecule has 0 fully saturated rings. The lowest BCUT2D eigenvalue weighted by molar-refractivity contribution is -0.136. The highest BCUT2D eigenvalue weighted by Crippen LogP contribution is 2.25. The van der Waals surface area contributed by atoms with E-state index in [0.717, 1.165) is 11.3 Å². The third-order valence-corrected chi connectivity index (χ3v) is 3.90. The molecule has 0 aliphatic carbocycles. The Morgan fingerprint density at radius 3 is 2.65 bits per heavy atom. The van der Waals surface area contributed by atoms with Crippen LogP contribution in [-0.4, -0.2) is 48.2 Å². The number of aryl methyl sites for hydroxylation is 1. The van der Waals surface area contributed by atoms with Crippen molar-refractivity contribution in [2.24, 2.45) is 0 Å². The lowest BCUT2D eigenvalue weighted by atomic mass is 10.0. The minimum atomic E-state index is -1.04. The van der Waals surface area contributed by atoms with Crippen LogP contribution in [-0.2, 0) is 9.59 Å². The van der Waals surface area contributed by atoms with Crippen molar-refractivity contribution in [1.29, 1.82) is 0 Å². The van der Waals surface area contributed by atoms with E-state index in [-0.39, 0.29) is 6.54 Å². The van der Waals surface area contributed by atoms with Crippen LogP contribution in [0.5, 0.6) is 5.75 Å². The van der Waals surface area contributed by atoms with E-state index in [4.69, 9.17) is 4.74 Å². The molecule has 1 atom stereocenters. The summed E-state index contributed by atoms with van der Waals surface area (Å²) in [5.74, 6) is -0.341. The number of hydrogen-bond donors (Lipinski definition) is 3. The fourth-order valence-corrected chi connectivity index (χ4v) is 2.50. The Morgan fingerprint density at radius 2 is 2.04 bits per heavy atom. The van der Waals surface area contributed by atoms with Gasteiger partial charge in [-0.25, -0.2) is 0 Å². The molecular weight excluding hydrogens is 316 g/mol. The van der Waals surface area contributed by atoms with Crippen LogP contribution >= 0.6 is 11.8 Å². The summed E-state index contributed by atoms with van der Waals surface area (Å²) < 4.78 is 5.15. The van der Waals surface area contributed by atoms with Crippen LogP contribution in [0.3, 0.4) is 0 Å². The van der Waals surface area contributed by atoms with Gasteiger partial charge in [0.1, 0.15) is 5.75 Å². The van der Waals surface area contributed by atoms with Gasteiger partial charge in [0.2, 0.25) is 0 Å². The van der Waals surface area contributed by atoms with Crippen LogP contribution in [0, 0.1) is 6.92 Å². The van der Waals surface area contributed by atoms with Gasteiger partial charge in [0.15, 0.2) is 0 Å². The molecular formula is C16H24N2O4S. The highest BCUT2D eigenvalue weighted by Gasteiger charge is 2.23. The SMILES string of the molecule is COc1ccc(C)cc1NC(=O)C(=O)NC[C@](C)(O)CCSC. The average molecular weight is 340 g/mol. The maximum atomic E-state index is 12.0. The molecule has 1 rings (SSSR count). The van der Waals surface area contributed by atoms with Crippen LogP contribution in [0.4, 0.5) is 5.69 Å². The van der Waals surface area contributed by atoms with Crippen molar-refractivity contribution in [3.63, 3.8) is 0 Å². The maximum absolute atomic E-state index is 12.0. The van der Waals surface area contributed by atoms with Crippen LogP contribution in [0.2, 0.25) is 0 Å². The molecule has 0 aromatic heterocycles. The number of benzene rings is 1. The first-order valence-corrected chi connectivity index (χ1v) is 8.63. The number of thioether (sulfide) groups is 1. The molecule has 6 nitrogen and oxygen atoms in total. The predicted octanol–water partition coefficient (Wildman–Crippen LogP) is 1.56. The maximum Gasteiger partial charge on any atom is 0.313 e. The van der Waals surface area contributed by atoms with Crippen LogP contribution < -0.4 is 15.4 Å². The van der Waals surface area contributed by atoms with Gasteiger partial charge < -0.3 is 20.5 Å². The topological polar surface area (TPSA) is 87.7 Å². The summed E-state index contributed by atoms with van der Waals surface area (Å²) in [4.78, 5) is 23.8. The first-order valence-electron chi connectivity index (χ1n) is 7.24. The molecule has 0 aliphatic rings. The van der Waals surface area contributed by atoms with E-state index < -0.39 is 17.4 Å². The molecule has 1 aromatic carbocycles. The second-order valence-electron chi connectivity index (χ2n) is 5.58. The van der Waals surface area contributed by atoms with Crippen LogP contribution in [0.25, 0.3) is 0 Å². The first-order chi connectivity index (χ1) is 10.8. The zero-order valence-corrected chi connectivity index (χ0v) is 14.8. The third kappa shape index (κ3) is 6.50. The molecule has 3 N–H and O–H groups in total. The van der Waals surface area contributed by atoms with Gasteiger partial charge >= 0.3 is 11.8 Å². The van der Waals surface area contributed by atoms with Gasteiger partial charge in [-0.15, -0.1) is 0 Å². The fraction of sp³-hybridized carbons (Fsp3) is 0.500. The number of carbonyl (C=O) groups is 2. The summed E-state index contributed by atoms with van der Waals surface area (Å²) in [6.45, 7) is 3.52. The van der Waals surface area contributed by atoms with Gasteiger partial charge in [-0.3, -0.25) is 9.59 Å².